The van der Waals surface area contributed by atoms with Crippen LogP contribution in [0.2, 0.25) is 0 Å². The third-order valence-corrected chi connectivity index (χ3v) is 5.19. The zero-order valence-corrected chi connectivity index (χ0v) is 9.88. The second-order valence-corrected chi connectivity index (χ2v) is 6.31. The largest absolute Gasteiger partial charge is 0.340 e. The SMILES string of the molecule is COP(=O)(CSc1ccccc1)OC. The molecule has 0 bridgehead atoms. The van der Waals surface area contributed by atoms with Crippen molar-refractivity contribution in [3.63, 3.8) is 0 Å². The molecular weight excluding hydrogens is 219 g/mol. The van der Waals surface area contributed by atoms with Gasteiger partial charge in [-0.15, -0.1) is 11.8 Å². The lowest BCUT2D eigenvalue weighted by Gasteiger charge is -2.12. The summed E-state index contributed by atoms with van der Waals surface area (Å²) in [4.78, 5) is 1.06. The van der Waals surface area contributed by atoms with Crippen LogP contribution in [0.15, 0.2) is 35.2 Å². The molecule has 5 heteroatoms. The van der Waals surface area contributed by atoms with Crippen molar-refractivity contribution in [3.8, 4) is 0 Å². The summed E-state index contributed by atoms with van der Waals surface area (Å²) < 4.78 is 21.3. The predicted octanol–water partition coefficient (Wildman–Crippen LogP) is 3.22. The Hall–Kier alpha value is -0.280. The summed E-state index contributed by atoms with van der Waals surface area (Å²) in [6, 6.07) is 9.73. The molecule has 0 heterocycles. The second-order valence-electron chi connectivity index (χ2n) is 2.56. The molecule has 0 aromatic heterocycles. The summed E-state index contributed by atoms with van der Waals surface area (Å²) >= 11 is 1.46. The molecule has 1 aromatic carbocycles. The van der Waals surface area contributed by atoms with E-state index in [1.54, 1.807) is 0 Å². The highest BCUT2D eigenvalue weighted by Gasteiger charge is 2.20. The lowest BCUT2D eigenvalue weighted by molar-refractivity contribution is 0.281. The van der Waals surface area contributed by atoms with Crippen LogP contribution in [0.25, 0.3) is 0 Å². The average molecular weight is 232 g/mol. The number of hydrogen-bond acceptors (Lipinski definition) is 4. The van der Waals surface area contributed by atoms with E-state index in [2.05, 4.69) is 0 Å². The van der Waals surface area contributed by atoms with Crippen LogP contribution >= 0.6 is 19.4 Å². The van der Waals surface area contributed by atoms with Crippen LogP contribution in [0.5, 0.6) is 0 Å². The Bertz CT molecular complexity index is 307. The van der Waals surface area contributed by atoms with E-state index in [0.717, 1.165) is 4.90 Å². The average Bonchev–Trinajstić information content (AvgIpc) is 2.27. The van der Waals surface area contributed by atoms with Gasteiger partial charge in [-0.1, -0.05) is 18.2 Å². The lowest BCUT2D eigenvalue weighted by atomic mass is 10.4. The van der Waals surface area contributed by atoms with Gasteiger partial charge in [-0.25, -0.2) is 0 Å². The molecule has 0 aliphatic carbocycles. The van der Waals surface area contributed by atoms with Crippen LogP contribution in [0.4, 0.5) is 0 Å². The van der Waals surface area contributed by atoms with Crippen LogP contribution < -0.4 is 0 Å². The minimum Gasteiger partial charge on any atom is -0.311 e. The Morgan fingerprint density at radius 3 is 2.29 bits per heavy atom. The van der Waals surface area contributed by atoms with E-state index < -0.39 is 7.60 Å². The maximum Gasteiger partial charge on any atom is 0.340 e. The molecule has 3 nitrogen and oxygen atoms in total. The van der Waals surface area contributed by atoms with Gasteiger partial charge in [0.1, 0.15) is 5.49 Å². The number of rotatable bonds is 5. The van der Waals surface area contributed by atoms with Crippen molar-refractivity contribution in [2.24, 2.45) is 0 Å². The number of thioether (sulfide) groups is 1. The topological polar surface area (TPSA) is 35.5 Å². The number of hydrogen-bond donors (Lipinski definition) is 0. The van der Waals surface area contributed by atoms with Gasteiger partial charge >= 0.3 is 7.60 Å². The standard InChI is InChI=1S/C9H13O3PS/c1-11-13(10,12-2)8-14-9-6-4-3-5-7-9/h3-7H,8H2,1-2H3. The molecule has 0 saturated carbocycles. The van der Waals surface area contributed by atoms with Crippen LogP contribution in [0, 0.1) is 0 Å². The first-order chi connectivity index (χ1) is 6.70. The smallest absolute Gasteiger partial charge is 0.311 e. The summed E-state index contributed by atoms with van der Waals surface area (Å²) in [6.45, 7) is 0. The molecule has 0 aliphatic rings. The van der Waals surface area contributed by atoms with Crippen LogP contribution in [-0.2, 0) is 13.6 Å². The van der Waals surface area contributed by atoms with Crippen LogP contribution in [0.3, 0.4) is 0 Å². The lowest BCUT2D eigenvalue weighted by Crippen LogP contribution is -1.90. The normalized spacial score (nSPS) is 11.6. The van der Waals surface area contributed by atoms with Crippen molar-refractivity contribution in [1.29, 1.82) is 0 Å². The molecule has 0 amide bonds. The Kier molecular flexibility index (Phi) is 4.69. The molecule has 0 atom stereocenters. The van der Waals surface area contributed by atoms with E-state index in [-0.39, 0.29) is 0 Å². The predicted molar refractivity (Wildman–Crippen MR) is 58.8 cm³/mol. The molecule has 0 N–H and O–H groups in total. The number of benzene rings is 1. The molecule has 1 rings (SSSR count). The van der Waals surface area contributed by atoms with E-state index in [0.29, 0.717) is 5.49 Å². The zero-order valence-electron chi connectivity index (χ0n) is 8.17. The van der Waals surface area contributed by atoms with Crippen LogP contribution in [-0.4, -0.2) is 19.7 Å². The summed E-state index contributed by atoms with van der Waals surface area (Å²) in [6.07, 6.45) is 0. The Labute approximate surface area is 88.3 Å². The zero-order chi connectivity index (χ0) is 10.4. The van der Waals surface area contributed by atoms with Gasteiger partial charge in [0.25, 0.3) is 0 Å². The summed E-state index contributed by atoms with van der Waals surface area (Å²) in [5, 5.41) is 0. The van der Waals surface area contributed by atoms with Crippen molar-refractivity contribution in [3.05, 3.63) is 30.3 Å². The van der Waals surface area contributed by atoms with Gasteiger partial charge in [-0.2, -0.15) is 0 Å². The summed E-state index contributed by atoms with van der Waals surface area (Å²) in [5.41, 5.74) is 0.337. The highest BCUT2D eigenvalue weighted by molar-refractivity contribution is 8.04. The summed E-state index contributed by atoms with van der Waals surface area (Å²) in [7, 11) is -0.0863. The van der Waals surface area contributed by atoms with Gasteiger partial charge in [0.15, 0.2) is 0 Å². The monoisotopic (exact) mass is 232 g/mol. The molecule has 14 heavy (non-hydrogen) atoms. The Balaban J connectivity index is 2.52. The molecule has 0 unspecified atom stereocenters. The van der Waals surface area contributed by atoms with E-state index >= 15 is 0 Å². The highest BCUT2D eigenvalue weighted by atomic mass is 32.2. The van der Waals surface area contributed by atoms with Crippen molar-refractivity contribution in [2.75, 3.05) is 19.7 Å². The molecule has 0 spiro atoms. The van der Waals surface area contributed by atoms with Crippen molar-refractivity contribution < 1.29 is 13.6 Å². The maximum atomic E-state index is 11.7. The minimum atomic E-state index is -2.88. The fraction of sp³-hybridized carbons (Fsp3) is 0.333. The fourth-order valence-corrected chi connectivity index (χ4v) is 3.42. The first-order valence-corrected chi connectivity index (χ1v) is 6.80. The van der Waals surface area contributed by atoms with Gasteiger partial charge in [0.2, 0.25) is 0 Å². The van der Waals surface area contributed by atoms with E-state index in [9.17, 15) is 4.57 Å². The maximum absolute atomic E-state index is 11.7. The van der Waals surface area contributed by atoms with Crippen molar-refractivity contribution in [1.82, 2.24) is 0 Å². The second kappa shape index (κ2) is 5.56. The van der Waals surface area contributed by atoms with Gasteiger partial charge in [-0.05, 0) is 12.1 Å². The molecule has 78 valence electrons. The van der Waals surface area contributed by atoms with Gasteiger partial charge in [0.05, 0.1) is 0 Å². The molecule has 0 radical (unpaired) electrons. The highest BCUT2D eigenvalue weighted by Crippen LogP contribution is 2.50. The van der Waals surface area contributed by atoms with Gasteiger partial charge < -0.3 is 9.05 Å². The van der Waals surface area contributed by atoms with Crippen LogP contribution in [0.1, 0.15) is 0 Å². The Morgan fingerprint density at radius 2 is 1.79 bits per heavy atom. The first-order valence-electron chi connectivity index (χ1n) is 4.08. The third-order valence-electron chi connectivity index (χ3n) is 1.69. The summed E-state index contributed by atoms with van der Waals surface area (Å²) in [5.74, 6) is 0. The van der Waals surface area contributed by atoms with E-state index in [1.165, 1.54) is 26.0 Å². The minimum absolute atomic E-state index is 0.337. The third kappa shape index (κ3) is 3.46. The quantitative estimate of drug-likeness (QED) is 0.576. The van der Waals surface area contributed by atoms with Crippen molar-refractivity contribution in [2.45, 2.75) is 4.90 Å². The molecule has 0 saturated heterocycles. The molecule has 0 aliphatic heterocycles. The van der Waals surface area contributed by atoms with Gasteiger partial charge in [-0.3, -0.25) is 4.57 Å². The fourth-order valence-electron chi connectivity index (χ4n) is 0.850. The Morgan fingerprint density at radius 1 is 1.21 bits per heavy atom. The van der Waals surface area contributed by atoms with Gasteiger partial charge in [0, 0.05) is 19.1 Å². The van der Waals surface area contributed by atoms with E-state index in [1.807, 2.05) is 30.3 Å². The molecule has 1 aromatic rings. The molecular formula is C9H13O3PS. The first kappa shape index (κ1) is 11.8. The van der Waals surface area contributed by atoms with Crippen molar-refractivity contribution >= 4 is 19.4 Å². The van der Waals surface area contributed by atoms with E-state index in [4.69, 9.17) is 9.05 Å². The molecule has 0 fully saturated rings.